The molecule has 1 aliphatic carbocycles. The van der Waals surface area contributed by atoms with Gasteiger partial charge in [-0.05, 0) is 49.9 Å². The van der Waals surface area contributed by atoms with E-state index in [9.17, 15) is 9.18 Å². The van der Waals surface area contributed by atoms with E-state index in [1.165, 1.54) is 25.8 Å². The largest absolute Gasteiger partial charge is 0.299 e. The fraction of sp³-hybridized carbons (Fsp3) is 0.333. The van der Waals surface area contributed by atoms with Crippen LogP contribution in [0.25, 0.3) is 0 Å². The highest BCUT2D eigenvalue weighted by Crippen LogP contribution is 2.32. The Morgan fingerprint density at radius 3 is 2.63 bits per heavy atom. The summed E-state index contributed by atoms with van der Waals surface area (Å²) in [4.78, 5) is 21.1. The zero-order chi connectivity index (χ0) is 18.8. The summed E-state index contributed by atoms with van der Waals surface area (Å²) in [6.45, 7) is 2.80. The average Bonchev–Trinajstić information content (AvgIpc) is 3.48. The van der Waals surface area contributed by atoms with Gasteiger partial charge in [-0.2, -0.15) is 5.10 Å². The van der Waals surface area contributed by atoms with Crippen LogP contribution in [-0.4, -0.2) is 40.3 Å². The molecule has 1 aromatic heterocycles. The first-order valence-electron chi connectivity index (χ1n) is 9.18. The number of carbonyl (C=O) groups excluding carboxylic acids is 1. The lowest BCUT2D eigenvalue weighted by Crippen LogP contribution is -2.44. The van der Waals surface area contributed by atoms with Crippen LogP contribution >= 0.6 is 0 Å². The average molecular weight is 364 g/mol. The Morgan fingerprint density at radius 2 is 1.96 bits per heavy atom. The molecule has 5 nitrogen and oxygen atoms in total. The smallest absolute Gasteiger partial charge is 0.148 e. The van der Waals surface area contributed by atoms with Crippen LogP contribution in [0.3, 0.4) is 0 Å². The van der Waals surface area contributed by atoms with E-state index in [-0.39, 0.29) is 11.5 Å². The first-order valence-corrected chi connectivity index (χ1v) is 9.18. The van der Waals surface area contributed by atoms with Crippen LogP contribution in [0.2, 0.25) is 0 Å². The second-order valence-electron chi connectivity index (χ2n) is 7.11. The molecular formula is C21H21FN4O. The standard InChI is InChI=1S/C21H21FN4O/c1-14(27)20-19(24-18-5-3-2-4-17(18)22)13-26(12-15-6-7-15)25-21(20)16-8-10-23-11-9-16/h2-5,8-11,15,20H,6-7,12-13H2,1H3. The molecule has 6 heteroatoms. The SMILES string of the molecule is CC(=O)C1C(=Nc2ccccc2F)CN(CC2CC2)N=C1c1ccncc1. The van der Waals surface area contributed by atoms with E-state index < -0.39 is 11.7 Å². The molecule has 2 heterocycles. The number of para-hydroxylation sites is 1. The van der Waals surface area contributed by atoms with E-state index in [0.29, 0.717) is 23.9 Å². The number of hydrazone groups is 1. The number of ketones is 1. The van der Waals surface area contributed by atoms with Crippen molar-refractivity contribution in [1.82, 2.24) is 9.99 Å². The number of carbonyl (C=O) groups is 1. The molecular weight excluding hydrogens is 343 g/mol. The van der Waals surface area contributed by atoms with Crippen molar-refractivity contribution in [2.75, 3.05) is 13.1 Å². The second kappa shape index (κ2) is 7.39. The quantitative estimate of drug-likeness (QED) is 0.814. The summed E-state index contributed by atoms with van der Waals surface area (Å²) >= 11 is 0. The number of nitrogens with zero attached hydrogens (tertiary/aromatic N) is 4. The predicted molar refractivity (Wildman–Crippen MR) is 103 cm³/mol. The topological polar surface area (TPSA) is 57.9 Å². The fourth-order valence-corrected chi connectivity index (χ4v) is 3.36. The zero-order valence-corrected chi connectivity index (χ0v) is 15.2. The Bertz CT molecular complexity index is 905. The zero-order valence-electron chi connectivity index (χ0n) is 15.2. The molecule has 1 fully saturated rings. The van der Waals surface area contributed by atoms with E-state index >= 15 is 0 Å². The van der Waals surface area contributed by atoms with Crippen molar-refractivity contribution in [3.63, 3.8) is 0 Å². The Labute approximate surface area is 157 Å². The number of hydrogen-bond donors (Lipinski definition) is 0. The van der Waals surface area contributed by atoms with Crippen molar-refractivity contribution < 1.29 is 9.18 Å². The minimum absolute atomic E-state index is 0.0493. The molecule has 1 aromatic carbocycles. The van der Waals surface area contributed by atoms with Crippen molar-refractivity contribution >= 4 is 22.9 Å². The van der Waals surface area contributed by atoms with Gasteiger partial charge < -0.3 is 0 Å². The molecule has 1 aliphatic heterocycles. The van der Waals surface area contributed by atoms with Gasteiger partial charge in [0.05, 0.1) is 23.7 Å². The summed E-state index contributed by atoms with van der Waals surface area (Å²) in [5, 5.41) is 6.74. The van der Waals surface area contributed by atoms with E-state index in [1.54, 1.807) is 30.6 Å². The minimum atomic E-state index is -0.581. The second-order valence-corrected chi connectivity index (χ2v) is 7.11. The Morgan fingerprint density at radius 1 is 1.22 bits per heavy atom. The van der Waals surface area contributed by atoms with Gasteiger partial charge in [-0.3, -0.25) is 19.8 Å². The van der Waals surface area contributed by atoms with Gasteiger partial charge in [0.1, 0.15) is 17.5 Å². The van der Waals surface area contributed by atoms with Crippen molar-refractivity contribution in [3.05, 3.63) is 60.2 Å². The molecule has 138 valence electrons. The summed E-state index contributed by atoms with van der Waals surface area (Å²) in [6, 6.07) is 10.1. The van der Waals surface area contributed by atoms with E-state index in [0.717, 1.165) is 12.1 Å². The van der Waals surface area contributed by atoms with Gasteiger partial charge in [0.2, 0.25) is 0 Å². The van der Waals surface area contributed by atoms with Crippen LogP contribution in [0, 0.1) is 17.7 Å². The molecule has 1 atom stereocenters. The maximum Gasteiger partial charge on any atom is 0.148 e. The minimum Gasteiger partial charge on any atom is -0.299 e. The molecule has 2 aromatic rings. The van der Waals surface area contributed by atoms with Gasteiger partial charge in [0.15, 0.2) is 0 Å². The number of benzene rings is 1. The van der Waals surface area contributed by atoms with Crippen LogP contribution in [0.5, 0.6) is 0 Å². The van der Waals surface area contributed by atoms with Gasteiger partial charge in [-0.25, -0.2) is 4.39 Å². The molecule has 27 heavy (non-hydrogen) atoms. The predicted octanol–water partition coefficient (Wildman–Crippen LogP) is 3.63. The number of aliphatic imine (C=N–C) groups is 1. The molecule has 0 radical (unpaired) electrons. The first-order chi connectivity index (χ1) is 13.1. The molecule has 0 spiro atoms. The number of Topliss-reactive ketones (excluding diaryl/α,β-unsaturated/α-hetero) is 1. The molecule has 0 N–H and O–H groups in total. The van der Waals surface area contributed by atoms with Crippen LogP contribution < -0.4 is 0 Å². The van der Waals surface area contributed by atoms with Gasteiger partial charge in [-0.15, -0.1) is 0 Å². The summed E-state index contributed by atoms with van der Waals surface area (Å²) in [5.74, 6) is -0.390. The molecule has 1 saturated carbocycles. The lowest BCUT2D eigenvalue weighted by atomic mass is 9.88. The summed E-state index contributed by atoms with van der Waals surface area (Å²) in [6.07, 6.45) is 5.77. The molecule has 0 saturated heterocycles. The molecule has 2 aliphatic rings. The van der Waals surface area contributed by atoms with Crippen molar-refractivity contribution in [2.24, 2.45) is 21.9 Å². The Balaban J connectivity index is 1.79. The fourth-order valence-electron chi connectivity index (χ4n) is 3.36. The van der Waals surface area contributed by atoms with Crippen LogP contribution in [0.15, 0.2) is 58.9 Å². The van der Waals surface area contributed by atoms with Crippen LogP contribution in [0.4, 0.5) is 10.1 Å². The van der Waals surface area contributed by atoms with Crippen molar-refractivity contribution in [3.8, 4) is 0 Å². The molecule has 0 amide bonds. The Kier molecular flexibility index (Phi) is 4.79. The third kappa shape index (κ3) is 3.94. The normalized spacial score (nSPS) is 21.3. The highest BCUT2D eigenvalue weighted by molar-refractivity contribution is 6.28. The van der Waals surface area contributed by atoms with Crippen molar-refractivity contribution in [1.29, 1.82) is 0 Å². The highest BCUT2D eigenvalue weighted by atomic mass is 19.1. The van der Waals surface area contributed by atoms with E-state index in [1.807, 2.05) is 17.1 Å². The number of halogens is 1. The van der Waals surface area contributed by atoms with Crippen LogP contribution in [-0.2, 0) is 4.79 Å². The number of rotatable bonds is 5. The maximum atomic E-state index is 14.2. The van der Waals surface area contributed by atoms with Gasteiger partial charge in [0, 0.05) is 24.5 Å². The van der Waals surface area contributed by atoms with Gasteiger partial charge in [-0.1, -0.05) is 12.1 Å². The lowest BCUT2D eigenvalue weighted by molar-refractivity contribution is -0.117. The summed E-state index contributed by atoms with van der Waals surface area (Å²) < 4.78 is 14.2. The third-order valence-electron chi connectivity index (χ3n) is 4.87. The third-order valence-corrected chi connectivity index (χ3v) is 4.87. The summed E-state index contributed by atoms with van der Waals surface area (Å²) in [5.41, 5.74) is 2.38. The van der Waals surface area contributed by atoms with Gasteiger partial charge in [0.25, 0.3) is 0 Å². The van der Waals surface area contributed by atoms with E-state index in [2.05, 4.69) is 9.98 Å². The number of hydrogen-bond acceptors (Lipinski definition) is 5. The Hall–Kier alpha value is -2.89. The maximum absolute atomic E-state index is 14.2. The molecule has 1 unspecified atom stereocenters. The van der Waals surface area contributed by atoms with Gasteiger partial charge >= 0.3 is 0 Å². The first kappa shape index (κ1) is 17.5. The monoisotopic (exact) mass is 364 g/mol. The molecule has 0 bridgehead atoms. The highest BCUT2D eigenvalue weighted by Gasteiger charge is 2.35. The van der Waals surface area contributed by atoms with E-state index in [4.69, 9.17) is 5.10 Å². The van der Waals surface area contributed by atoms with Crippen LogP contribution in [0.1, 0.15) is 25.3 Å². The lowest BCUT2D eigenvalue weighted by Gasteiger charge is -2.31. The number of pyridine rings is 1. The summed E-state index contributed by atoms with van der Waals surface area (Å²) in [7, 11) is 0. The number of aromatic nitrogens is 1. The molecule has 4 rings (SSSR count). The van der Waals surface area contributed by atoms with Crippen molar-refractivity contribution in [2.45, 2.75) is 19.8 Å².